The van der Waals surface area contributed by atoms with Crippen LogP contribution in [0.15, 0.2) is 205 Å². The van der Waals surface area contributed by atoms with Crippen LogP contribution in [0.2, 0.25) is 0 Å². The van der Waals surface area contributed by atoms with Crippen LogP contribution in [0, 0.1) is 0 Å². The van der Waals surface area contributed by atoms with Gasteiger partial charge in [0.1, 0.15) is 22.7 Å². The van der Waals surface area contributed by atoms with Gasteiger partial charge < -0.3 is 18.5 Å². The lowest BCUT2D eigenvalue weighted by atomic mass is 9.44. The predicted molar refractivity (Wildman–Crippen MR) is 244 cm³/mol. The van der Waals surface area contributed by atoms with Gasteiger partial charge in [-0.25, -0.2) is 0 Å². The van der Waals surface area contributed by atoms with Crippen molar-refractivity contribution in [2.45, 2.75) is 0 Å². The molecular formula is C54H33BN2O2. The molecule has 0 spiro atoms. The summed E-state index contributed by atoms with van der Waals surface area (Å²) in [6.07, 6.45) is 0. The topological polar surface area (TPSA) is 30.5 Å². The van der Waals surface area contributed by atoms with E-state index in [0.717, 1.165) is 72.5 Å². The zero-order valence-corrected chi connectivity index (χ0v) is 31.8. The molecular weight excluding hydrogens is 719 g/mol. The van der Waals surface area contributed by atoms with Gasteiger partial charge in [-0.05, 0) is 112 Å². The number of hydrogen-bond donors (Lipinski definition) is 0. The molecule has 0 unspecified atom stereocenters. The van der Waals surface area contributed by atoms with Gasteiger partial charge in [-0.1, -0.05) is 121 Å². The van der Waals surface area contributed by atoms with E-state index in [1.165, 1.54) is 44.1 Å². The molecule has 5 heteroatoms. The Morgan fingerprint density at radius 2 is 1.03 bits per heavy atom. The maximum Gasteiger partial charge on any atom is 0.336 e. The maximum atomic E-state index is 7.16. The van der Waals surface area contributed by atoms with Gasteiger partial charge in [0.2, 0.25) is 0 Å². The van der Waals surface area contributed by atoms with E-state index in [-0.39, 0.29) is 6.85 Å². The molecule has 0 atom stereocenters. The number of ether oxygens (including phenoxy) is 1. The van der Waals surface area contributed by atoms with E-state index in [1.54, 1.807) is 0 Å². The third kappa shape index (κ3) is 4.79. The second-order valence-electron chi connectivity index (χ2n) is 15.6. The molecule has 2 aliphatic rings. The summed E-state index contributed by atoms with van der Waals surface area (Å²) in [5.41, 5.74) is 16.8. The van der Waals surface area contributed by atoms with Crippen LogP contribution < -0.4 is 20.5 Å². The number of hydrogen-bond acceptors (Lipinski definition) is 3. The van der Waals surface area contributed by atoms with E-state index in [4.69, 9.17) is 9.15 Å². The third-order valence-corrected chi connectivity index (χ3v) is 12.4. The van der Waals surface area contributed by atoms with E-state index < -0.39 is 0 Å². The molecule has 0 aliphatic carbocycles. The molecule has 0 saturated heterocycles. The van der Waals surface area contributed by atoms with Crippen LogP contribution in [-0.2, 0) is 0 Å². The smallest absolute Gasteiger partial charge is 0.336 e. The van der Waals surface area contributed by atoms with Gasteiger partial charge in [0, 0.05) is 49.6 Å². The highest BCUT2D eigenvalue weighted by Gasteiger charge is 2.44. The highest BCUT2D eigenvalue weighted by Crippen LogP contribution is 2.46. The first-order valence-corrected chi connectivity index (χ1v) is 20.2. The molecule has 13 rings (SSSR count). The minimum absolute atomic E-state index is 0.103. The first kappa shape index (κ1) is 32.3. The summed E-state index contributed by atoms with van der Waals surface area (Å²) in [4.78, 5) is 2.49. The van der Waals surface area contributed by atoms with E-state index in [1.807, 2.05) is 12.1 Å². The molecule has 274 valence electrons. The molecule has 0 bridgehead atoms. The Balaban J connectivity index is 0.997. The molecule has 4 nitrogen and oxygen atoms in total. The normalized spacial score (nSPS) is 12.8. The fourth-order valence-electron chi connectivity index (χ4n) is 9.81. The van der Waals surface area contributed by atoms with E-state index >= 15 is 0 Å². The van der Waals surface area contributed by atoms with Crippen LogP contribution in [0.5, 0.6) is 11.5 Å². The lowest BCUT2D eigenvalue weighted by Gasteiger charge is -2.42. The minimum atomic E-state index is -0.103. The zero-order chi connectivity index (χ0) is 38.6. The van der Waals surface area contributed by atoms with Crippen LogP contribution in [0.3, 0.4) is 0 Å². The van der Waals surface area contributed by atoms with Crippen LogP contribution in [-0.4, -0.2) is 11.4 Å². The van der Waals surface area contributed by atoms with Crippen molar-refractivity contribution in [3.8, 4) is 50.6 Å². The van der Waals surface area contributed by atoms with Gasteiger partial charge in [-0.2, -0.15) is 0 Å². The standard InChI is InChI=1S/C54H33BN2O2/c1-2-14-38(15-3-1)57-49-23-10-6-19-42(49)45-31-37(35-26-28-51-44(30-35)43-20-7-11-24-50(43)58-51)33-53-54(45)55(57)46-27-25-36(32-52(46)59-53)34-13-12-16-39(29-34)56-47-21-8-4-17-40(47)41-18-5-9-22-48(41)56/h1-33H. The number of para-hydroxylation sites is 5. The highest BCUT2D eigenvalue weighted by molar-refractivity contribution is 6.92. The molecule has 0 radical (unpaired) electrons. The van der Waals surface area contributed by atoms with Gasteiger partial charge in [0.15, 0.2) is 0 Å². The molecule has 9 aromatic carbocycles. The Kier molecular flexibility index (Phi) is 6.78. The summed E-state index contributed by atoms with van der Waals surface area (Å²) in [5, 5.41) is 4.73. The Labute approximate surface area is 340 Å². The zero-order valence-electron chi connectivity index (χ0n) is 31.8. The van der Waals surface area contributed by atoms with E-state index in [0.29, 0.717) is 0 Å². The fraction of sp³-hybridized carbons (Fsp3) is 0. The van der Waals surface area contributed by atoms with Crippen LogP contribution in [0.4, 0.5) is 11.4 Å². The Morgan fingerprint density at radius 1 is 0.390 bits per heavy atom. The Bertz CT molecular complexity index is 3460. The summed E-state index contributed by atoms with van der Waals surface area (Å²) in [7, 11) is 0. The summed E-state index contributed by atoms with van der Waals surface area (Å²) < 4.78 is 15.8. The molecule has 4 heterocycles. The molecule has 2 aromatic heterocycles. The van der Waals surface area contributed by atoms with Crippen LogP contribution in [0.25, 0.3) is 82.8 Å². The highest BCUT2D eigenvalue weighted by atomic mass is 16.5. The summed E-state index contributed by atoms with van der Waals surface area (Å²) >= 11 is 0. The van der Waals surface area contributed by atoms with Crippen LogP contribution in [0.1, 0.15) is 0 Å². The van der Waals surface area contributed by atoms with Crippen molar-refractivity contribution in [2.24, 2.45) is 0 Å². The maximum absolute atomic E-state index is 7.16. The van der Waals surface area contributed by atoms with Crippen LogP contribution >= 0.6 is 0 Å². The number of nitrogens with zero attached hydrogens (tertiary/aromatic N) is 2. The molecule has 11 aromatic rings. The predicted octanol–water partition coefficient (Wildman–Crippen LogP) is 13.0. The molecule has 0 N–H and O–H groups in total. The second-order valence-corrected chi connectivity index (χ2v) is 15.6. The second kappa shape index (κ2) is 12.4. The lowest BCUT2D eigenvalue weighted by molar-refractivity contribution is 0.487. The summed E-state index contributed by atoms with van der Waals surface area (Å²) in [6, 6.07) is 72.0. The average molecular weight is 753 g/mol. The summed E-state index contributed by atoms with van der Waals surface area (Å²) in [6.45, 7) is -0.103. The summed E-state index contributed by atoms with van der Waals surface area (Å²) in [5.74, 6) is 1.74. The number of furan rings is 1. The quantitative estimate of drug-likeness (QED) is 0.168. The SMILES string of the molecule is c1ccc(N2B3c4ccc(-c5cccc(-n6c7ccccc7c7ccccc76)c5)cc4Oc4cc(-c5ccc6oc7ccccc7c6c5)cc(c43)-c3ccccc32)cc1. The van der Waals surface area contributed by atoms with E-state index in [9.17, 15) is 0 Å². The van der Waals surface area contributed by atoms with E-state index in [2.05, 4.69) is 197 Å². The fourth-order valence-corrected chi connectivity index (χ4v) is 9.81. The monoisotopic (exact) mass is 752 g/mol. The number of aromatic nitrogens is 1. The molecule has 0 amide bonds. The third-order valence-electron chi connectivity index (χ3n) is 12.4. The van der Waals surface area contributed by atoms with Gasteiger partial charge in [-0.15, -0.1) is 0 Å². The van der Waals surface area contributed by atoms with Gasteiger partial charge in [0.25, 0.3) is 0 Å². The molecule has 2 aliphatic heterocycles. The van der Waals surface area contributed by atoms with Crippen molar-refractivity contribution in [3.05, 3.63) is 200 Å². The largest absolute Gasteiger partial charge is 0.458 e. The van der Waals surface area contributed by atoms with Crippen molar-refractivity contribution in [1.29, 1.82) is 0 Å². The number of rotatable bonds is 4. The number of fused-ring (bicyclic) bond motifs is 10. The minimum Gasteiger partial charge on any atom is -0.458 e. The average Bonchev–Trinajstić information content (AvgIpc) is 3.84. The van der Waals surface area contributed by atoms with Crippen molar-refractivity contribution >= 4 is 72.9 Å². The van der Waals surface area contributed by atoms with Gasteiger partial charge in [0.05, 0.1) is 11.0 Å². The number of benzene rings is 9. The van der Waals surface area contributed by atoms with Gasteiger partial charge >= 0.3 is 6.85 Å². The first-order valence-electron chi connectivity index (χ1n) is 20.2. The number of anilines is 2. The van der Waals surface area contributed by atoms with Gasteiger partial charge in [-0.3, -0.25) is 0 Å². The van der Waals surface area contributed by atoms with Crippen molar-refractivity contribution in [2.75, 3.05) is 4.81 Å². The molecule has 0 saturated carbocycles. The molecule has 0 fully saturated rings. The lowest BCUT2D eigenvalue weighted by Crippen LogP contribution is -2.59. The van der Waals surface area contributed by atoms with Crippen molar-refractivity contribution < 1.29 is 9.15 Å². The van der Waals surface area contributed by atoms with Crippen molar-refractivity contribution in [1.82, 2.24) is 4.57 Å². The Morgan fingerprint density at radius 3 is 1.88 bits per heavy atom. The van der Waals surface area contributed by atoms with Crippen molar-refractivity contribution in [3.63, 3.8) is 0 Å². The Hall–Kier alpha value is -7.76. The molecule has 59 heavy (non-hydrogen) atoms. The first-order chi connectivity index (χ1) is 29.2.